The van der Waals surface area contributed by atoms with Gasteiger partial charge in [0.05, 0.1) is 0 Å². The maximum absolute atomic E-state index is 15.2. The topological polar surface area (TPSA) is 442 Å². The first-order valence-corrected chi connectivity index (χ1v) is 32.5. The van der Waals surface area contributed by atoms with Gasteiger partial charge in [-0.3, -0.25) is 66.0 Å². The summed E-state index contributed by atoms with van der Waals surface area (Å²) in [5.41, 5.74) is 0. The van der Waals surface area contributed by atoms with Crippen LogP contribution in [0.25, 0.3) is 0 Å². The highest BCUT2D eigenvalue weighted by atomic mass is 31.2. The van der Waals surface area contributed by atoms with Gasteiger partial charge in [0.1, 0.15) is 24.4 Å². The number of hydrogen-bond acceptors (Lipinski definition) is 36. The lowest BCUT2D eigenvalue weighted by atomic mass is 9.84. The zero-order valence-electron chi connectivity index (χ0n) is 49.1. The zero-order valence-corrected chi connectivity index (χ0v) is 52.7. The van der Waals surface area contributed by atoms with Crippen molar-refractivity contribution in [3.63, 3.8) is 0 Å². The minimum Gasteiger partial charge on any atom is -0.457 e. The molecule has 0 aromatic rings. The fraction of sp³-hybridized carbons (Fsp3) is 0.783. The molecule has 0 N–H and O–H groups in total. The Morgan fingerprint density at radius 2 is 0.395 bits per heavy atom. The Labute approximate surface area is 494 Å². The van der Waals surface area contributed by atoms with Crippen molar-refractivity contribution in [2.24, 2.45) is 0 Å². The van der Waals surface area contributed by atoms with Gasteiger partial charge in [0.25, 0.3) is 0 Å². The van der Waals surface area contributed by atoms with Gasteiger partial charge in [-0.25, -0.2) is 54.5 Å². The lowest BCUT2D eigenvalue weighted by Crippen LogP contribution is -2.67. The molecule has 1 aliphatic carbocycles. The van der Waals surface area contributed by atoms with E-state index in [0.29, 0.717) is 0 Å². The number of hydrogen-bond donors (Lipinski definition) is 0. The van der Waals surface area contributed by atoms with Crippen molar-refractivity contribution in [1.29, 1.82) is 0 Å². The van der Waals surface area contributed by atoms with Gasteiger partial charge in [-0.2, -0.15) is 0 Å². The molecule has 0 heterocycles. The van der Waals surface area contributed by atoms with Crippen molar-refractivity contribution in [3.05, 3.63) is 0 Å². The van der Waals surface area contributed by atoms with Crippen molar-refractivity contribution in [2.45, 2.75) is 183 Å². The van der Waals surface area contributed by atoms with E-state index in [1.807, 2.05) is 0 Å². The Morgan fingerprint density at radius 1 is 0.244 bits per heavy atom. The second-order valence-electron chi connectivity index (χ2n) is 16.4. The van der Waals surface area contributed by atoms with Gasteiger partial charge in [-0.1, -0.05) is 69.2 Å². The van der Waals surface area contributed by atoms with E-state index in [0.717, 1.165) is 0 Å². The van der Waals surface area contributed by atoms with Gasteiger partial charge >= 0.3 is 91.0 Å². The first-order valence-electron chi connectivity index (χ1n) is 26.6. The van der Waals surface area contributed by atoms with E-state index in [-0.39, 0.29) is 64.2 Å². The van der Waals surface area contributed by atoms with Crippen molar-refractivity contribution >= 4 is 91.0 Å². The van der Waals surface area contributed by atoms with Crippen LogP contribution in [-0.4, -0.2) is 151 Å². The van der Waals surface area contributed by atoms with Gasteiger partial charge < -0.3 is 47.4 Å². The van der Waals surface area contributed by atoms with Crippen LogP contribution in [0.2, 0.25) is 0 Å². The molecule has 0 amide bonds. The predicted molar refractivity (Wildman–Crippen MR) is 278 cm³/mol. The fourth-order valence-corrected chi connectivity index (χ4v) is 10.1. The van der Waals surface area contributed by atoms with Gasteiger partial charge in [-0.05, 0) is 12.8 Å². The van der Waals surface area contributed by atoms with Crippen LogP contribution in [0.1, 0.15) is 146 Å². The maximum Gasteiger partial charge on any atom is 0.481 e. The molecular weight excluding hydrogens is 1250 g/mol. The molecule has 1 fully saturated rings. The molecule has 2 unspecified atom stereocenters. The summed E-state index contributed by atoms with van der Waals surface area (Å²) in [6.45, 7) is 2.66. The average Bonchev–Trinajstić information content (AvgIpc) is 1.18. The summed E-state index contributed by atoms with van der Waals surface area (Å²) in [7, 11) is -23.4. The van der Waals surface area contributed by atoms with Crippen molar-refractivity contribution in [2.75, 3.05) is 54.3 Å². The van der Waals surface area contributed by atoms with Crippen LogP contribution in [0, 0.1) is 0 Å². The number of ether oxygens (including phenoxy) is 10. The third kappa shape index (κ3) is 30.9. The largest absolute Gasteiger partial charge is 0.481 e. The molecule has 36 nitrogen and oxygen atoms in total. The van der Waals surface area contributed by atoms with E-state index in [9.17, 15) is 47.9 Å². The zero-order chi connectivity index (χ0) is 64.9. The second-order valence-corrected chi connectivity index (χ2v) is 22.9. The van der Waals surface area contributed by atoms with Crippen LogP contribution in [0.4, 0.5) is 0 Å². The molecule has 0 spiro atoms. The fourth-order valence-electron chi connectivity index (χ4n) is 5.76. The summed E-state index contributed by atoms with van der Waals surface area (Å²) in [6, 6.07) is 0. The number of carbonyl (C=O) groups excluding carboxylic acids is 10. The normalized spacial score (nSPS) is 17.9. The lowest BCUT2D eigenvalue weighted by Gasteiger charge is -2.49. The molecule has 0 aliphatic heterocycles. The molecule has 1 saturated carbocycles. The summed E-state index contributed by atoms with van der Waals surface area (Å²) in [4.78, 5) is 127. The highest BCUT2D eigenvalue weighted by molar-refractivity contribution is 7.49. The minimum atomic E-state index is -5.85. The molecule has 496 valence electrons. The number of rotatable bonds is 46. The smallest absolute Gasteiger partial charge is 0.457 e. The molecule has 0 bridgehead atoms. The lowest BCUT2D eigenvalue weighted by molar-refractivity contribution is -0.236. The number of esters is 10. The van der Waals surface area contributed by atoms with Crippen molar-refractivity contribution in [3.8, 4) is 0 Å². The molecule has 0 aromatic heterocycles. The quantitative estimate of drug-likeness (QED) is 0.0261. The number of phosphoric ester groups is 4. The Morgan fingerprint density at radius 3 is 0.523 bits per heavy atom. The first kappa shape index (κ1) is 79.2. The first-order chi connectivity index (χ1) is 40.7. The van der Waals surface area contributed by atoms with E-state index < -0.39 is 195 Å². The van der Waals surface area contributed by atoms with E-state index >= 15 is 18.3 Å². The van der Waals surface area contributed by atoms with Crippen LogP contribution in [0.15, 0.2) is 0 Å². The van der Waals surface area contributed by atoms with Crippen LogP contribution in [-0.2, 0) is 168 Å². The molecule has 1 aliphatic rings. The molecule has 6 atom stereocenters. The SMILES string of the molecule is CCCC(=O)OC1[C@@H](OP(=O)(OCOC(=O)CC)OCOC(=O)CC)[C@@H](OP(=O)(OCOC(=O)CC)OCOC(=O)CC)C(OC(=O)CCC)[C@H](OP(=O)(OCOC(=O)CC)OCOC(=O)CC)[C@H]1OP(=O)(OCOC(=O)CC)OCOC(=O)CC. The van der Waals surface area contributed by atoms with Gasteiger partial charge in [-0.15, -0.1) is 0 Å². The van der Waals surface area contributed by atoms with Gasteiger partial charge in [0.15, 0.2) is 12.2 Å². The van der Waals surface area contributed by atoms with E-state index in [1.54, 1.807) is 0 Å². The summed E-state index contributed by atoms with van der Waals surface area (Å²) in [5, 5.41) is 0. The molecule has 0 radical (unpaired) electrons. The molecule has 1 rings (SSSR count). The third-order valence-electron chi connectivity index (χ3n) is 10.1. The van der Waals surface area contributed by atoms with E-state index in [4.69, 9.17) is 102 Å². The number of carbonyl (C=O) groups is 10. The Kier molecular flexibility index (Phi) is 38.8. The van der Waals surface area contributed by atoms with Gasteiger partial charge in [0.2, 0.25) is 54.3 Å². The Hall–Kier alpha value is -4.86. The standard InChI is InChI=1S/C46H76O36P4/c1-11-21-39(55)77-41-43(79-83(57,69-23-61-31(47)13-3)70-24-62-32(48)14-4)45(81-85(59,73-27-65-35(51)17-7)74-28-66-36(52)18-8)42(78-40(56)22-12-2)46(82-86(60,75-29-67-37(53)19-9)76-30-68-38(54)20-10)44(41)80-84(58,71-25-63-33(49)15-5)72-26-64-34(50)16-6/h41-46H,11-30H2,1-10H3/t41?,42?,43-,44-,45-,46+/m0/s1. The Bertz CT molecular complexity index is 1980. The summed E-state index contributed by atoms with van der Waals surface area (Å²) >= 11 is 0. The van der Waals surface area contributed by atoms with Crippen molar-refractivity contribution < 1.29 is 168 Å². The monoisotopic (exact) mass is 1330 g/mol. The molecule has 86 heavy (non-hydrogen) atoms. The van der Waals surface area contributed by atoms with Crippen molar-refractivity contribution in [1.82, 2.24) is 0 Å². The number of phosphoric acid groups is 4. The maximum atomic E-state index is 15.2. The second kappa shape index (κ2) is 42.1. The third-order valence-corrected chi connectivity index (χ3v) is 15.5. The molecular formula is C46H76O36P4. The molecule has 0 saturated heterocycles. The average molecular weight is 1330 g/mol. The summed E-state index contributed by atoms with van der Waals surface area (Å²) in [6.07, 6.45) is -21.1. The molecule has 40 heteroatoms. The van der Waals surface area contributed by atoms with Crippen LogP contribution >= 0.6 is 31.3 Å². The summed E-state index contributed by atoms with van der Waals surface area (Å²) in [5.74, 6) is -10.8. The van der Waals surface area contributed by atoms with Crippen LogP contribution in [0.5, 0.6) is 0 Å². The van der Waals surface area contributed by atoms with Crippen LogP contribution < -0.4 is 0 Å². The van der Waals surface area contributed by atoms with E-state index in [1.165, 1.54) is 69.2 Å². The highest BCUT2D eigenvalue weighted by Crippen LogP contribution is 2.61. The minimum absolute atomic E-state index is 0.0833. The predicted octanol–water partition coefficient (Wildman–Crippen LogP) is 6.82. The van der Waals surface area contributed by atoms with E-state index in [2.05, 4.69) is 0 Å². The highest BCUT2D eigenvalue weighted by Gasteiger charge is 2.64. The van der Waals surface area contributed by atoms with Gasteiger partial charge in [0, 0.05) is 64.2 Å². The Balaban J connectivity index is 5.09. The molecule has 0 aromatic carbocycles. The summed E-state index contributed by atoms with van der Waals surface area (Å²) < 4.78 is 178. The van der Waals surface area contributed by atoms with Crippen LogP contribution in [0.3, 0.4) is 0 Å².